The van der Waals surface area contributed by atoms with E-state index in [1.54, 1.807) is 72.8 Å². The van der Waals surface area contributed by atoms with Crippen LogP contribution in [0.1, 0.15) is 64.2 Å². The van der Waals surface area contributed by atoms with Crippen LogP contribution in [0.4, 0.5) is 0 Å². The van der Waals surface area contributed by atoms with Crippen molar-refractivity contribution in [2.75, 3.05) is 0 Å². The molecule has 0 fully saturated rings. The molecule has 0 aromatic heterocycles. The van der Waals surface area contributed by atoms with E-state index in [1.165, 1.54) is 0 Å². The molecule has 0 saturated carbocycles. The van der Waals surface area contributed by atoms with E-state index in [2.05, 4.69) is 20.8 Å². The van der Waals surface area contributed by atoms with Gasteiger partial charge in [-0.1, -0.05) is 93.9 Å². The first-order valence-corrected chi connectivity index (χ1v) is 21.1. The summed E-state index contributed by atoms with van der Waals surface area (Å²) in [6.07, 6.45) is 1.63. The molecule has 0 heterocycles. The van der Waals surface area contributed by atoms with Gasteiger partial charge in [0.05, 0.1) is 19.6 Å². The highest BCUT2D eigenvalue weighted by molar-refractivity contribution is 7.91. The molecule has 278 valence electrons. The minimum atomic E-state index is -3.66. The van der Waals surface area contributed by atoms with Gasteiger partial charge in [-0.25, -0.2) is 16.8 Å². The second kappa shape index (κ2) is 15.3. The van der Waals surface area contributed by atoms with E-state index in [4.69, 9.17) is 9.47 Å². The van der Waals surface area contributed by atoms with Gasteiger partial charge in [-0.15, -0.1) is 0 Å². The minimum Gasteiger partial charge on any atom is -0.483 e. The van der Waals surface area contributed by atoms with Crippen molar-refractivity contribution in [3.05, 3.63) is 162 Å². The van der Waals surface area contributed by atoms with Gasteiger partial charge in [0.25, 0.3) is 0 Å². The topological polar surface area (TPSA) is 86.7 Å². The quantitative estimate of drug-likeness (QED) is 0.117. The summed E-state index contributed by atoms with van der Waals surface area (Å²) in [5, 5.41) is 0. The highest BCUT2D eigenvalue weighted by Gasteiger charge is 2.28. The second-order valence-electron chi connectivity index (χ2n) is 14.4. The van der Waals surface area contributed by atoms with E-state index in [-0.39, 0.29) is 25.0 Å². The van der Waals surface area contributed by atoms with Gasteiger partial charge < -0.3 is 9.47 Å². The van der Waals surface area contributed by atoms with E-state index in [1.807, 2.05) is 93.6 Å². The Hall–Kier alpha value is -5.18. The molecule has 0 saturated heterocycles. The predicted molar refractivity (Wildman–Crippen MR) is 215 cm³/mol. The molecule has 6 nitrogen and oxygen atoms in total. The van der Waals surface area contributed by atoms with Crippen LogP contribution in [0.5, 0.6) is 17.2 Å². The lowest BCUT2D eigenvalue weighted by molar-refractivity contribution is 0.0825. The van der Waals surface area contributed by atoms with Crippen LogP contribution in [0.2, 0.25) is 0 Å². The molecule has 6 rings (SSSR count). The second-order valence-corrected chi connectivity index (χ2v) is 18.3. The molecule has 0 bridgehead atoms. The maximum atomic E-state index is 13.3. The lowest BCUT2D eigenvalue weighted by atomic mass is 9.82. The van der Waals surface area contributed by atoms with Crippen LogP contribution in [0.25, 0.3) is 11.1 Å². The fourth-order valence-electron chi connectivity index (χ4n) is 6.11. The van der Waals surface area contributed by atoms with E-state index >= 15 is 0 Å². The van der Waals surface area contributed by atoms with Crippen LogP contribution in [-0.4, -0.2) is 16.8 Å². The molecule has 0 aliphatic heterocycles. The molecule has 0 amide bonds. The Morgan fingerprint density at radius 2 is 0.796 bits per heavy atom. The van der Waals surface area contributed by atoms with Crippen molar-refractivity contribution in [2.45, 2.75) is 85.0 Å². The van der Waals surface area contributed by atoms with Crippen LogP contribution in [0.3, 0.4) is 0 Å². The molecule has 6 aromatic rings. The van der Waals surface area contributed by atoms with Crippen molar-refractivity contribution >= 4 is 19.7 Å². The van der Waals surface area contributed by atoms with Gasteiger partial charge >= 0.3 is 0 Å². The standard InChI is InChI=1S/C46H46O6S2/c1-7-45(4,5)36-15-27-42(28-16-36)54(49,50)44-31-23-39(24-32-44)51-38-19-11-34(12-20-38)35-13-21-40(22-14-35)52-46(6,8-2)37-17-29-43(30-18-37)53(47,48)41-25-9-33(3)10-26-41/h9-32H,7-8H2,1-6H3. The average Bonchev–Trinajstić information content (AvgIpc) is 3.19. The summed E-state index contributed by atoms with van der Waals surface area (Å²) in [6.45, 7) is 12.4. The molecule has 0 spiro atoms. The minimum absolute atomic E-state index is 0.0215. The molecular weight excluding hydrogens is 713 g/mol. The summed E-state index contributed by atoms with van der Waals surface area (Å²) >= 11 is 0. The third-order valence-corrected chi connectivity index (χ3v) is 13.9. The number of aryl methyl sites for hydroxylation is 1. The summed E-state index contributed by atoms with van der Waals surface area (Å²) in [5.74, 6) is 1.85. The monoisotopic (exact) mass is 758 g/mol. The lowest BCUT2D eigenvalue weighted by Crippen LogP contribution is -2.28. The lowest BCUT2D eigenvalue weighted by Gasteiger charge is -2.30. The van der Waals surface area contributed by atoms with Gasteiger partial charge in [0.2, 0.25) is 19.7 Å². The van der Waals surface area contributed by atoms with Crippen LogP contribution < -0.4 is 9.47 Å². The van der Waals surface area contributed by atoms with Crippen molar-refractivity contribution < 1.29 is 26.3 Å². The number of hydrogen-bond donors (Lipinski definition) is 0. The zero-order valence-electron chi connectivity index (χ0n) is 31.5. The van der Waals surface area contributed by atoms with Crippen LogP contribution >= 0.6 is 0 Å². The molecule has 0 radical (unpaired) electrons. The number of sulfone groups is 2. The Morgan fingerprint density at radius 3 is 1.20 bits per heavy atom. The van der Waals surface area contributed by atoms with Crippen LogP contribution in [0.15, 0.2) is 165 Å². The van der Waals surface area contributed by atoms with Gasteiger partial charge in [0.15, 0.2) is 0 Å². The summed E-state index contributed by atoms with van der Waals surface area (Å²) in [5.41, 5.74) is 4.28. The Kier molecular flexibility index (Phi) is 10.9. The predicted octanol–water partition coefficient (Wildman–Crippen LogP) is 11.5. The van der Waals surface area contributed by atoms with Gasteiger partial charge in [0, 0.05) is 0 Å². The third-order valence-electron chi connectivity index (χ3n) is 10.4. The highest BCUT2D eigenvalue weighted by atomic mass is 32.2. The zero-order valence-corrected chi connectivity index (χ0v) is 33.2. The Balaban J connectivity index is 1.09. The van der Waals surface area contributed by atoms with Crippen molar-refractivity contribution in [1.82, 2.24) is 0 Å². The smallest absolute Gasteiger partial charge is 0.206 e. The highest BCUT2D eigenvalue weighted by Crippen LogP contribution is 2.35. The SMILES string of the molecule is CCC(C)(C)c1ccc(S(=O)(=O)c2ccc(Oc3ccc(-c4ccc(OC(C)(CC)c5ccc(S(=O)(=O)c6ccc(C)cc6)cc5)cc4)cc3)cc2)cc1. The first-order chi connectivity index (χ1) is 25.6. The normalized spacial score (nSPS) is 13.2. The Morgan fingerprint density at radius 1 is 0.444 bits per heavy atom. The van der Waals surface area contributed by atoms with Crippen molar-refractivity contribution in [3.63, 3.8) is 0 Å². The molecule has 1 unspecified atom stereocenters. The van der Waals surface area contributed by atoms with Crippen molar-refractivity contribution in [3.8, 4) is 28.4 Å². The molecule has 6 aromatic carbocycles. The molecule has 0 aliphatic rings. The molecule has 1 atom stereocenters. The molecule has 54 heavy (non-hydrogen) atoms. The summed E-state index contributed by atoms with van der Waals surface area (Å²) in [4.78, 5) is 0.986. The van der Waals surface area contributed by atoms with Crippen molar-refractivity contribution in [1.29, 1.82) is 0 Å². The van der Waals surface area contributed by atoms with E-state index in [0.29, 0.717) is 23.7 Å². The van der Waals surface area contributed by atoms with E-state index < -0.39 is 25.3 Å². The maximum absolute atomic E-state index is 13.3. The fourth-order valence-corrected chi connectivity index (χ4v) is 8.64. The number of benzene rings is 6. The Bertz CT molecular complexity index is 2420. The van der Waals surface area contributed by atoms with Gasteiger partial charge in [-0.2, -0.15) is 0 Å². The number of rotatable bonds is 13. The summed E-state index contributed by atoms with van der Waals surface area (Å²) in [6, 6.07) is 43.0. The van der Waals surface area contributed by atoms with Crippen LogP contribution in [0, 0.1) is 6.92 Å². The van der Waals surface area contributed by atoms with E-state index in [9.17, 15) is 16.8 Å². The molecule has 0 aliphatic carbocycles. The maximum Gasteiger partial charge on any atom is 0.206 e. The molecule has 8 heteroatoms. The van der Waals surface area contributed by atoms with Crippen molar-refractivity contribution in [2.24, 2.45) is 0 Å². The van der Waals surface area contributed by atoms with Gasteiger partial charge in [0.1, 0.15) is 22.8 Å². The zero-order chi connectivity index (χ0) is 38.7. The van der Waals surface area contributed by atoms with Crippen LogP contribution in [-0.2, 0) is 30.7 Å². The van der Waals surface area contributed by atoms with Gasteiger partial charge in [-0.05, 0) is 139 Å². The molecule has 0 N–H and O–H groups in total. The Labute approximate surface area is 320 Å². The average molecular weight is 759 g/mol. The fraction of sp³-hybridized carbons (Fsp3) is 0.217. The molecular formula is C46H46O6S2. The number of hydrogen-bond acceptors (Lipinski definition) is 6. The number of ether oxygens (including phenoxy) is 2. The van der Waals surface area contributed by atoms with E-state index in [0.717, 1.165) is 34.2 Å². The first kappa shape index (κ1) is 38.5. The summed E-state index contributed by atoms with van der Waals surface area (Å²) in [7, 11) is -7.29. The summed E-state index contributed by atoms with van der Waals surface area (Å²) < 4.78 is 65.5. The third kappa shape index (κ3) is 8.15. The largest absolute Gasteiger partial charge is 0.483 e. The first-order valence-electron chi connectivity index (χ1n) is 18.1. The van der Waals surface area contributed by atoms with Gasteiger partial charge in [-0.3, -0.25) is 0 Å².